The van der Waals surface area contributed by atoms with E-state index in [4.69, 9.17) is 5.73 Å². The van der Waals surface area contributed by atoms with E-state index in [0.717, 1.165) is 11.1 Å². The second kappa shape index (κ2) is 6.52. The zero-order chi connectivity index (χ0) is 13.5. The predicted molar refractivity (Wildman–Crippen MR) is 77.3 cm³/mol. The summed E-state index contributed by atoms with van der Waals surface area (Å²) in [5.74, 6) is -0.119. The summed E-state index contributed by atoms with van der Waals surface area (Å²) < 4.78 is 0. The molecule has 0 fully saturated rings. The Morgan fingerprint density at radius 3 is 2.63 bits per heavy atom. The molecule has 0 unspecified atom stereocenters. The van der Waals surface area contributed by atoms with E-state index in [1.54, 1.807) is 18.3 Å². The van der Waals surface area contributed by atoms with Crippen molar-refractivity contribution in [2.24, 2.45) is 5.73 Å². The van der Waals surface area contributed by atoms with E-state index in [2.05, 4.69) is 5.32 Å². The van der Waals surface area contributed by atoms with Crippen LogP contribution in [-0.4, -0.2) is 5.91 Å². The fourth-order valence-electron chi connectivity index (χ4n) is 1.71. The van der Waals surface area contributed by atoms with Gasteiger partial charge in [0.05, 0.1) is 0 Å². The highest BCUT2D eigenvalue weighted by molar-refractivity contribution is 5.95. The number of nitrogens with one attached hydrogen (secondary N) is 1. The van der Waals surface area contributed by atoms with Gasteiger partial charge in [-0.3, -0.25) is 4.79 Å². The van der Waals surface area contributed by atoms with Crippen LogP contribution in [0.3, 0.4) is 0 Å². The molecule has 0 heterocycles. The van der Waals surface area contributed by atoms with Gasteiger partial charge in [0.15, 0.2) is 0 Å². The molecule has 2 aromatic carbocycles. The van der Waals surface area contributed by atoms with Crippen molar-refractivity contribution in [3.8, 4) is 0 Å². The van der Waals surface area contributed by atoms with E-state index in [1.807, 2.05) is 48.5 Å². The first-order valence-corrected chi connectivity index (χ1v) is 6.11. The Morgan fingerprint density at radius 2 is 1.89 bits per heavy atom. The van der Waals surface area contributed by atoms with Crippen molar-refractivity contribution in [1.29, 1.82) is 0 Å². The molecule has 3 heteroatoms. The summed E-state index contributed by atoms with van der Waals surface area (Å²) in [6, 6.07) is 17.0. The van der Waals surface area contributed by atoms with Gasteiger partial charge >= 0.3 is 0 Å². The molecular weight excluding hydrogens is 236 g/mol. The van der Waals surface area contributed by atoms with Crippen LogP contribution in [0.4, 0.5) is 0 Å². The van der Waals surface area contributed by atoms with Crippen LogP contribution in [0, 0.1) is 0 Å². The fourth-order valence-corrected chi connectivity index (χ4v) is 1.71. The molecule has 0 saturated carbocycles. The minimum Gasteiger partial charge on any atom is -0.329 e. The average molecular weight is 252 g/mol. The van der Waals surface area contributed by atoms with Gasteiger partial charge in [0.2, 0.25) is 0 Å². The molecule has 0 atom stereocenters. The molecule has 0 saturated heterocycles. The standard InChI is InChI=1S/C16H16N2O/c17-12-14-6-4-5-13(11-14)9-10-18-16(19)15-7-2-1-3-8-15/h1-11H,12,17H2,(H,18,19). The monoisotopic (exact) mass is 252 g/mol. The number of carbonyl (C=O) groups excluding carboxylic acids is 1. The third-order valence-electron chi connectivity index (χ3n) is 2.71. The highest BCUT2D eigenvalue weighted by Gasteiger charge is 2.00. The number of carbonyl (C=O) groups is 1. The van der Waals surface area contributed by atoms with Crippen LogP contribution >= 0.6 is 0 Å². The second-order valence-electron chi connectivity index (χ2n) is 4.12. The van der Waals surface area contributed by atoms with Crippen LogP contribution in [0.25, 0.3) is 6.08 Å². The van der Waals surface area contributed by atoms with Crippen molar-refractivity contribution < 1.29 is 4.79 Å². The average Bonchev–Trinajstić information content (AvgIpc) is 2.48. The maximum Gasteiger partial charge on any atom is 0.255 e. The highest BCUT2D eigenvalue weighted by Crippen LogP contribution is 2.06. The van der Waals surface area contributed by atoms with Crippen LogP contribution < -0.4 is 11.1 Å². The number of hydrogen-bond donors (Lipinski definition) is 2. The molecule has 0 radical (unpaired) electrons. The topological polar surface area (TPSA) is 55.1 Å². The summed E-state index contributed by atoms with van der Waals surface area (Å²) in [6.45, 7) is 0.512. The summed E-state index contributed by atoms with van der Waals surface area (Å²) in [4.78, 5) is 11.8. The summed E-state index contributed by atoms with van der Waals surface area (Å²) in [6.07, 6.45) is 3.49. The lowest BCUT2D eigenvalue weighted by Crippen LogP contribution is -2.16. The minimum atomic E-state index is -0.119. The summed E-state index contributed by atoms with van der Waals surface area (Å²) in [7, 11) is 0. The van der Waals surface area contributed by atoms with E-state index in [9.17, 15) is 4.79 Å². The van der Waals surface area contributed by atoms with Crippen molar-refractivity contribution >= 4 is 12.0 Å². The van der Waals surface area contributed by atoms with Crippen molar-refractivity contribution in [2.45, 2.75) is 6.54 Å². The molecule has 0 spiro atoms. The maximum atomic E-state index is 11.8. The Morgan fingerprint density at radius 1 is 1.11 bits per heavy atom. The van der Waals surface area contributed by atoms with Crippen LogP contribution in [0.2, 0.25) is 0 Å². The van der Waals surface area contributed by atoms with Gasteiger partial charge in [-0.25, -0.2) is 0 Å². The molecule has 0 aliphatic rings. The predicted octanol–water partition coefficient (Wildman–Crippen LogP) is 2.55. The highest BCUT2D eigenvalue weighted by atomic mass is 16.1. The third-order valence-corrected chi connectivity index (χ3v) is 2.71. The van der Waals surface area contributed by atoms with Crippen molar-refractivity contribution in [2.75, 3.05) is 0 Å². The normalized spacial score (nSPS) is 10.6. The summed E-state index contributed by atoms with van der Waals surface area (Å²) in [5.41, 5.74) is 8.30. The van der Waals surface area contributed by atoms with Crippen LogP contribution in [-0.2, 0) is 6.54 Å². The van der Waals surface area contributed by atoms with E-state index in [-0.39, 0.29) is 5.91 Å². The molecule has 0 aliphatic heterocycles. The van der Waals surface area contributed by atoms with E-state index < -0.39 is 0 Å². The Labute approximate surface area is 112 Å². The van der Waals surface area contributed by atoms with E-state index in [0.29, 0.717) is 12.1 Å². The van der Waals surface area contributed by atoms with Crippen molar-refractivity contribution in [3.05, 3.63) is 77.5 Å². The number of rotatable bonds is 4. The fraction of sp³-hybridized carbons (Fsp3) is 0.0625. The second-order valence-corrected chi connectivity index (χ2v) is 4.12. The van der Waals surface area contributed by atoms with Gasteiger partial charge in [0.1, 0.15) is 0 Å². The van der Waals surface area contributed by atoms with Gasteiger partial charge in [-0.15, -0.1) is 0 Å². The molecule has 2 aromatic rings. The molecule has 19 heavy (non-hydrogen) atoms. The Kier molecular flexibility index (Phi) is 4.48. The number of nitrogens with two attached hydrogens (primary N) is 1. The van der Waals surface area contributed by atoms with Gasteiger partial charge < -0.3 is 11.1 Å². The van der Waals surface area contributed by atoms with Gasteiger partial charge in [-0.2, -0.15) is 0 Å². The van der Waals surface area contributed by atoms with Crippen molar-refractivity contribution in [1.82, 2.24) is 5.32 Å². The lowest BCUT2D eigenvalue weighted by molar-refractivity contribution is 0.0970. The molecule has 3 nitrogen and oxygen atoms in total. The Bertz CT molecular complexity index is 576. The largest absolute Gasteiger partial charge is 0.329 e. The molecular formula is C16H16N2O. The third kappa shape index (κ3) is 3.79. The summed E-state index contributed by atoms with van der Waals surface area (Å²) >= 11 is 0. The molecule has 0 aliphatic carbocycles. The van der Waals surface area contributed by atoms with Gasteiger partial charge in [0, 0.05) is 18.3 Å². The molecule has 0 bridgehead atoms. The van der Waals surface area contributed by atoms with Crippen LogP contribution in [0.15, 0.2) is 60.8 Å². The zero-order valence-corrected chi connectivity index (χ0v) is 10.5. The lowest BCUT2D eigenvalue weighted by atomic mass is 10.1. The van der Waals surface area contributed by atoms with E-state index >= 15 is 0 Å². The maximum absolute atomic E-state index is 11.8. The summed E-state index contributed by atoms with van der Waals surface area (Å²) in [5, 5.41) is 2.73. The lowest BCUT2D eigenvalue weighted by Gasteiger charge is -2.00. The first-order valence-electron chi connectivity index (χ1n) is 6.11. The van der Waals surface area contributed by atoms with Gasteiger partial charge in [-0.1, -0.05) is 42.5 Å². The minimum absolute atomic E-state index is 0.119. The van der Waals surface area contributed by atoms with Gasteiger partial charge in [0.25, 0.3) is 5.91 Å². The Hall–Kier alpha value is -2.39. The quantitative estimate of drug-likeness (QED) is 0.878. The SMILES string of the molecule is NCc1cccc(C=CNC(=O)c2ccccc2)c1. The van der Waals surface area contributed by atoms with Gasteiger partial charge in [-0.05, 0) is 29.3 Å². The zero-order valence-electron chi connectivity index (χ0n) is 10.5. The first kappa shape index (κ1) is 13.1. The molecule has 96 valence electrons. The number of hydrogen-bond acceptors (Lipinski definition) is 2. The van der Waals surface area contributed by atoms with Crippen molar-refractivity contribution in [3.63, 3.8) is 0 Å². The molecule has 3 N–H and O–H groups in total. The Balaban J connectivity index is 1.98. The molecule has 1 amide bonds. The van der Waals surface area contributed by atoms with E-state index in [1.165, 1.54) is 0 Å². The number of benzene rings is 2. The van der Waals surface area contributed by atoms with Crippen LogP contribution in [0.1, 0.15) is 21.5 Å². The van der Waals surface area contributed by atoms with Crippen LogP contribution in [0.5, 0.6) is 0 Å². The smallest absolute Gasteiger partial charge is 0.255 e. The first-order chi connectivity index (χ1) is 9.29. The molecule has 2 rings (SSSR count). The number of amides is 1. The molecule has 0 aromatic heterocycles.